The average Bonchev–Trinajstić information content (AvgIpc) is 2.59. The highest BCUT2D eigenvalue weighted by Crippen LogP contribution is 2.13. The number of Topliss-reactive ketones (excluding diaryl/α,β-unsaturated/α-hetero) is 1. The van der Waals surface area contributed by atoms with Crippen LogP contribution in [-0.2, 0) is 0 Å². The van der Waals surface area contributed by atoms with Crippen molar-refractivity contribution in [2.75, 3.05) is 0 Å². The van der Waals surface area contributed by atoms with Gasteiger partial charge in [0, 0.05) is 18.3 Å². The Kier molecular flexibility index (Phi) is 2.26. The Morgan fingerprint density at radius 1 is 1.40 bits per heavy atom. The van der Waals surface area contributed by atoms with Crippen molar-refractivity contribution in [3.8, 4) is 0 Å². The Morgan fingerprint density at radius 3 is 2.80 bits per heavy atom. The van der Waals surface area contributed by atoms with Gasteiger partial charge in [0.1, 0.15) is 0 Å². The fourth-order valence-corrected chi connectivity index (χ4v) is 1.45. The van der Waals surface area contributed by atoms with Gasteiger partial charge in [0.2, 0.25) is 0 Å². The van der Waals surface area contributed by atoms with Crippen LogP contribution in [0.25, 0.3) is 5.65 Å². The van der Waals surface area contributed by atoms with E-state index in [9.17, 15) is 4.79 Å². The van der Waals surface area contributed by atoms with E-state index in [0.29, 0.717) is 11.2 Å². The maximum absolute atomic E-state index is 11.8. The van der Waals surface area contributed by atoms with Crippen molar-refractivity contribution < 1.29 is 4.79 Å². The first kappa shape index (κ1) is 9.83. The van der Waals surface area contributed by atoms with E-state index in [4.69, 9.17) is 0 Å². The van der Waals surface area contributed by atoms with Gasteiger partial charge in [0.15, 0.2) is 11.4 Å². The molecule has 2 heterocycles. The molecule has 4 heteroatoms. The Labute approximate surface area is 87.9 Å². The molecule has 78 valence electrons. The predicted molar refractivity (Wildman–Crippen MR) is 56.9 cm³/mol. The van der Waals surface area contributed by atoms with Gasteiger partial charge >= 0.3 is 0 Å². The molecule has 2 aromatic rings. The molecule has 0 saturated carbocycles. The summed E-state index contributed by atoms with van der Waals surface area (Å²) < 4.78 is 1.64. The van der Waals surface area contributed by atoms with Crippen LogP contribution < -0.4 is 0 Å². The van der Waals surface area contributed by atoms with Gasteiger partial charge in [-0.05, 0) is 12.5 Å². The first-order valence-electron chi connectivity index (χ1n) is 4.94. The second kappa shape index (κ2) is 3.46. The lowest BCUT2D eigenvalue weighted by Gasteiger charge is -2.01. The van der Waals surface area contributed by atoms with Crippen molar-refractivity contribution in [3.05, 3.63) is 29.7 Å². The van der Waals surface area contributed by atoms with Crippen LogP contribution in [0.15, 0.2) is 18.6 Å². The number of fused-ring (bicyclic) bond motifs is 1. The molecule has 0 N–H and O–H groups in total. The number of aromatic nitrogens is 3. The standard InChI is InChI=1S/C11H13N3O/c1-7(2)10(15)9-5-13-14-6-8(3)4-12-11(9)14/h4-7H,1-3H3. The highest BCUT2D eigenvalue weighted by Gasteiger charge is 2.16. The number of ketones is 1. The smallest absolute Gasteiger partial charge is 0.170 e. The molecule has 2 rings (SSSR count). The summed E-state index contributed by atoms with van der Waals surface area (Å²) in [6.45, 7) is 5.69. The van der Waals surface area contributed by atoms with Crippen LogP contribution in [0.4, 0.5) is 0 Å². The van der Waals surface area contributed by atoms with Gasteiger partial charge in [0.25, 0.3) is 0 Å². The van der Waals surface area contributed by atoms with E-state index in [-0.39, 0.29) is 11.7 Å². The molecule has 0 aliphatic carbocycles. The third-order valence-corrected chi connectivity index (χ3v) is 2.28. The first-order chi connectivity index (χ1) is 7.09. The largest absolute Gasteiger partial charge is 0.294 e. The Balaban J connectivity index is 2.59. The fourth-order valence-electron chi connectivity index (χ4n) is 1.45. The molecule has 0 spiro atoms. The Hall–Kier alpha value is -1.71. The topological polar surface area (TPSA) is 47.3 Å². The molecule has 0 fully saturated rings. The third-order valence-electron chi connectivity index (χ3n) is 2.28. The van der Waals surface area contributed by atoms with Crippen LogP contribution >= 0.6 is 0 Å². The highest BCUT2D eigenvalue weighted by molar-refractivity contribution is 6.02. The number of aryl methyl sites for hydroxylation is 1. The number of hydrogen-bond donors (Lipinski definition) is 0. The van der Waals surface area contributed by atoms with E-state index < -0.39 is 0 Å². The number of nitrogens with zero attached hydrogens (tertiary/aromatic N) is 3. The summed E-state index contributed by atoms with van der Waals surface area (Å²) in [4.78, 5) is 16.0. The van der Waals surface area contributed by atoms with Crippen molar-refractivity contribution in [2.24, 2.45) is 5.92 Å². The molecule has 15 heavy (non-hydrogen) atoms. The SMILES string of the molecule is Cc1cnc2c(C(=O)C(C)C)cnn2c1. The van der Waals surface area contributed by atoms with E-state index in [1.807, 2.05) is 27.0 Å². The normalized spacial score (nSPS) is 11.2. The molecule has 0 radical (unpaired) electrons. The van der Waals surface area contributed by atoms with E-state index in [1.54, 1.807) is 16.9 Å². The van der Waals surface area contributed by atoms with Gasteiger partial charge in [-0.25, -0.2) is 9.50 Å². The fraction of sp³-hybridized carbons (Fsp3) is 0.364. The zero-order valence-corrected chi connectivity index (χ0v) is 9.06. The summed E-state index contributed by atoms with van der Waals surface area (Å²) in [5, 5.41) is 4.12. The maximum Gasteiger partial charge on any atom is 0.170 e. The van der Waals surface area contributed by atoms with Gasteiger partial charge in [-0.1, -0.05) is 13.8 Å². The van der Waals surface area contributed by atoms with Crippen molar-refractivity contribution in [1.82, 2.24) is 14.6 Å². The molecule has 0 aliphatic heterocycles. The summed E-state index contributed by atoms with van der Waals surface area (Å²) in [5.41, 5.74) is 2.26. The van der Waals surface area contributed by atoms with Crippen LogP contribution in [0.2, 0.25) is 0 Å². The predicted octanol–water partition coefficient (Wildman–Crippen LogP) is 1.88. The minimum Gasteiger partial charge on any atom is -0.294 e. The van der Waals surface area contributed by atoms with Crippen LogP contribution in [0.1, 0.15) is 29.8 Å². The number of carbonyl (C=O) groups excluding carboxylic acids is 1. The summed E-state index contributed by atoms with van der Waals surface area (Å²) >= 11 is 0. The summed E-state index contributed by atoms with van der Waals surface area (Å²) in [6.07, 6.45) is 5.19. The average molecular weight is 203 g/mol. The van der Waals surface area contributed by atoms with E-state index in [2.05, 4.69) is 10.1 Å². The summed E-state index contributed by atoms with van der Waals surface area (Å²) in [6, 6.07) is 0. The van der Waals surface area contributed by atoms with Gasteiger partial charge in [-0.3, -0.25) is 4.79 Å². The number of carbonyl (C=O) groups is 1. The van der Waals surface area contributed by atoms with Crippen LogP contribution in [0.5, 0.6) is 0 Å². The molecule has 0 aliphatic rings. The lowest BCUT2D eigenvalue weighted by molar-refractivity contribution is 0.0941. The van der Waals surface area contributed by atoms with Crippen LogP contribution in [0, 0.1) is 12.8 Å². The van der Waals surface area contributed by atoms with E-state index in [0.717, 1.165) is 5.56 Å². The molecule has 0 saturated heterocycles. The second-order valence-corrected chi connectivity index (χ2v) is 3.98. The lowest BCUT2D eigenvalue weighted by atomic mass is 10.0. The van der Waals surface area contributed by atoms with Crippen LogP contribution in [-0.4, -0.2) is 20.4 Å². The molecule has 4 nitrogen and oxygen atoms in total. The molecule has 0 amide bonds. The van der Waals surface area contributed by atoms with Crippen molar-refractivity contribution >= 4 is 11.4 Å². The van der Waals surface area contributed by atoms with Crippen molar-refractivity contribution in [3.63, 3.8) is 0 Å². The highest BCUT2D eigenvalue weighted by atomic mass is 16.1. The quantitative estimate of drug-likeness (QED) is 0.700. The van der Waals surface area contributed by atoms with Gasteiger partial charge < -0.3 is 0 Å². The Bertz CT molecular complexity index is 514. The molecule has 0 atom stereocenters. The monoisotopic (exact) mass is 203 g/mol. The Morgan fingerprint density at radius 2 is 2.13 bits per heavy atom. The summed E-state index contributed by atoms with van der Waals surface area (Å²) in [7, 11) is 0. The molecule has 0 aromatic carbocycles. The van der Waals surface area contributed by atoms with Crippen molar-refractivity contribution in [1.29, 1.82) is 0 Å². The molecular formula is C11H13N3O. The molecule has 0 unspecified atom stereocenters. The van der Waals surface area contributed by atoms with Gasteiger partial charge in [-0.15, -0.1) is 0 Å². The van der Waals surface area contributed by atoms with Crippen LogP contribution in [0.3, 0.4) is 0 Å². The van der Waals surface area contributed by atoms with Gasteiger partial charge in [0.05, 0.1) is 11.8 Å². The summed E-state index contributed by atoms with van der Waals surface area (Å²) in [5.74, 6) is 0.0578. The van der Waals surface area contributed by atoms with E-state index >= 15 is 0 Å². The third kappa shape index (κ3) is 1.63. The van der Waals surface area contributed by atoms with E-state index in [1.165, 1.54) is 0 Å². The first-order valence-corrected chi connectivity index (χ1v) is 4.94. The molecule has 2 aromatic heterocycles. The number of rotatable bonds is 2. The maximum atomic E-state index is 11.8. The zero-order valence-electron chi connectivity index (χ0n) is 9.06. The minimum atomic E-state index is -0.0268. The molecule has 0 bridgehead atoms. The second-order valence-electron chi connectivity index (χ2n) is 3.98. The lowest BCUT2D eigenvalue weighted by Crippen LogP contribution is -2.07. The molecular weight excluding hydrogens is 190 g/mol. The van der Waals surface area contributed by atoms with Gasteiger partial charge in [-0.2, -0.15) is 5.10 Å². The number of hydrogen-bond acceptors (Lipinski definition) is 3. The minimum absolute atomic E-state index is 0.0268. The zero-order chi connectivity index (χ0) is 11.0. The van der Waals surface area contributed by atoms with Crippen molar-refractivity contribution in [2.45, 2.75) is 20.8 Å².